The number of hydrogen-bond acceptors (Lipinski definition) is 4. The number of nitriles is 1. The van der Waals surface area contributed by atoms with E-state index in [0.29, 0.717) is 6.20 Å². The van der Waals surface area contributed by atoms with Gasteiger partial charge in [-0.25, -0.2) is 8.78 Å². The molecule has 0 spiro atoms. The van der Waals surface area contributed by atoms with E-state index >= 15 is 0 Å². The van der Waals surface area contributed by atoms with Crippen LogP contribution in [-0.4, -0.2) is 15.3 Å². The lowest BCUT2D eigenvalue weighted by molar-refractivity contribution is 0.106. The summed E-state index contributed by atoms with van der Waals surface area (Å²) in [6.07, 6.45) is -2.38. The minimum atomic E-state index is -3.05. The molecule has 0 aromatic carbocycles. The van der Waals surface area contributed by atoms with Gasteiger partial charge in [0.1, 0.15) is 17.3 Å². The number of rotatable bonds is 2. The van der Waals surface area contributed by atoms with Crippen LogP contribution in [0.25, 0.3) is 0 Å². The van der Waals surface area contributed by atoms with Crippen molar-refractivity contribution < 1.29 is 18.7 Å². The first-order valence-corrected chi connectivity index (χ1v) is 3.96. The molecule has 4 nitrogen and oxygen atoms in total. The van der Waals surface area contributed by atoms with Crippen molar-refractivity contribution in [1.82, 2.24) is 4.98 Å². The van der Waals surface area contributed by atoms with Gasteiger partial charge in [-0.2, -0.15) is 5.26 Å². The summed E-state index contributed by atoms with van der Waals surface area (Å²) in [6.45, 7) is 0. The molecule has 1 aromatic heterocycles. The van der Waals surface area contributed by atoms with E-state index in [1.807, 2.05) is 0 Å². The second-order valence-electron chi connectivity index (χ2n) is 2.46. The van der Waals surface area contributed by atoms with Crippen LogP contribution >= 0.6 is 11.6 Å². The van der Waals surface area contributed by atoms with Crippen molar-refractivity contribution in [1.29, 1.82) is 5.26 Å². The van der Waals surface area contributed by atoms with Gasteiger partial charge in [-0.1, -0.05) is 0 Å². The van der Waals surface area contributed by atoms with Gasteiger partial charge in [0.05, 0.1) is 11.8 Å². The number of carbonyl (C=O) groups is 1. The molecule has 78 valence electrons. The van der Waals surface area contributed by atoms with E-state index < -0.39 is 34.2 Å². The van der Waals surface area contributed by atoms with Crippen molar-refractivity contribution in [2.75, 3.05) is 0 Å². The summed E-state index contributed by atoms with van der Waals surface area (Å²) < 4.78 is 24.7. The van der Waals surface area contributed by atoms with Gasteiger partial charge in [-0.3, -0.25) is 9.78 Å². The molecule has 0 atom stereocenters. The van der Waals surface area contributed by atoms with E-state index in [-0.39, 0.29) is 0 Å². The Labute approximate surface area is 87.7 Å². The fourth-order valence-electron chi connectivity index (χ4n) is 0.994. The zero-order valence-electron chi connectivity index (χ0n) is 7.04. The van der Waals surface area contributed by atoms with Gasteiger partial charge in [-0.15, -0.1) is 0 Å². The number of nitrogens with zero attached hydrogens (tertiary/aromatic N) is 2. The first kappa shape index (κ1) is 11.3. The predicted octanol–water partition coefficient (Wildman–Crippen LogP) is 1.98. The Kier molecular flexibility index (Phi) is 3.17. The molecule has 0 bridgehead atoms. The summed E-state index contributed by atoms with van der Waals surface area (Å²) in [7, 11) is 0. The third-order valence-corrected chi connectivity index (χ3v) is 1.79. The molecule has 0 unspecified atom stereocenters. The fraction of sp³-hybridized carbons (Fsp3) is 0.125. The highest BCUT2D eigenvalue weighted by atomic mass is 35.5. The average molecular weight is 233 g/mol. The number of pyridine rings is 1. The second kappa shape index (κ2) is 4.19. The van der Waals surface area contributed by atoms with Crippen molar-refractivity contribution >= 4 is 16.8 Å². The maximum atomic E-state index is 12.4. The number of aromatic hydroxyl groups is 1. The minimum absolute atomic E-state index is 0.597. The van der Waals surface area contributed by atoms with Crippen molar-refractivity contribution in [3.05, 3.63) is 23.0 Å². The van der Waals surface area contributed by atoms with Crippen molar-refractivity contribution in [2.45, 2.75) is 6.43 Å². The van der Waals surface area contributed by atoms with Crippen LogP contribution in [0.4, 0.5) is 8.78 Å². The molecule has 0 fully saturated rings. The van der Waals surface area contributed by atoms with Crippen molar-refractivity contribution in [3.63, 3.8) is 0 Å². The Morgan fingerprint density at radius 1 is 1.67 bits per heavy atom. The molecule has 1 N–H and O–H groups in total. The zero-order chi connectivity index (χ0) is 11.6. The molecule has 1 rings (SSSR count). The third-order valence-electron chi connectivity index (χ3n) is 1.60. The molecule has 0 aliphatic rings. The molecule has 0 saturated carbocycles. The fourth-order valence-corrected chi connectivity index (χ4v) is 1.18. The van der Waals surface area contributed by atoms with E-state index in [1.165, 1.54) is 6.07 Å². The van der Waals surface area contributed by atoms with Gasteiger partial charge >= 0.3 is 0 Å². The maximum absolute atomic E-state index is 12.4. The Balaban J connectivity index is 3.58. The smallest absolute Gasteiger partial charge is 0.281 e. The standard InChI is InChI=1S/C8H3ClF2N2O2/c9-7(15)5-3(1-12)4(14)2-13-6(5)8(10)11/h2,8,14H. The van der Waals surface area contributed by atoms with Crippen LogP contribution in [0.2, 0.25) is 0 Å². The molecule has 0 radical (unpaired) electrons. The molecule has 0 saturated heterocycles. The lowest BCUT2D eigenvalue weighted by Crippen LogP contribution is -2.05. The second-order valence-corrected chi connectivity index (χ2v) is 2.81. The minimum Gasteiger partial charge on any atom is -0.505 e. The van der Waals surface area contributed by atoms with Crippen molar-refractivity contribution in [3.8, 4) is 11.8 Å². The van der Waals surface area contributed by atoms with E-state index in [0.717, 1.165) is 0 Å². The highest BCUT2D eigenvalue weighted by Gasteiger charge is 2.24. The van der Waals surface area contributed by atoms with Gasteiger partial charge in [0, 0.05) is 0 Å². The Morgan fingerprint density at radius 2 is 2.27 bits per heavy atom. The largest absolute Gasteiger partial charge is 0.505 e. The normalized spacial score (nSPS) is 10.1. The first-order chi connectivity index (χ1) is 6.99. The van der Waals surface area contributed by atoms with Gasteiger partial charge in [0.25, 0.3) is 11.7 Å². The SMILES string of the molecule is N#Cc1c(O)cnc(C(F)F)c1C(=O)Cl. The topological polar surface area (TPSA) is 74.0 Å². The molecule has 7 heteroatoms. The summed E-state index contributed by atoms with van der Waals surface area (Å²) in [6, 6.07) is 1.41. The van der Waals surface area contributed by atoms with Crippen LogP contribution in [-0.2, 0) is 0 Å². The summed E-state index contributed by atoms with van der Waals surface area (Å²) in [5, 5.41) is 16.4. The Hall–Kier alpha value is -1.74. The number of aromatic nitrogens is 1. The lowest BCUT2D eigenvalue weighted by atomic mass is 10.1. The van der Waals surface area contributed by atoms with Crippen LogP contribution in [0.1, 0.15) is 28.0 Å². The molecule has 0 aliphatic carbocycles. The molecular weight excluding hydrogens is 230 g/mol. The summed E-state index contributed by atoms with van der Waals surface area (Å²) in [5.74, 6) is -0.661. The van der Waals surface area contributed by atoms with E-state index in [1.54, 1.807) is 0 Å². The molecule has 1 aromatic rings. The quantitative estimate of drug-likeness (QED) is 0.791. The lowest BCUT2D eigenvalue weighted by Gasteiger charge is -2.06. The molecule has 15 heavy (non-hydrogen) atoms. The summed E-state index contributed by atoms with van der Waals surface area (Å²) in [5.41, 5.74) is -2.26. The van der Waals surface area contributed by atoms with Crippen LogP contribution < -0.4 is 0 Å². The monoisotopic (exact) mass is 232 g/mol. The van der Waals surface area contributed by atoms with E-state index in [4.69, 9.17) is 22.0 Å². The highest BCUT2D eigenvalue weighted by Crippen LogP contribution is 2.29. The Morgan fingerprint density at radius 3 is 2.67 bits per heavy atom. The molecule has 1 heterocycles. The van der Waals surface area contributed by atoms with E-state index in [9.17, 15) is 13.6 Å². The zero-order valence-corrected chi connectivity index (χ0v) is 7.79. The third kappa shape index (κ3) is 2.02. The first-order valence-electron chi connectivity index (χ1n) is 3.59. The van der Waals surface area contributed by atoms with Crippen LogP contribution in [0.15, 0.2) is 6.20 Å². The Bertz CT molecular complexity index is 457. The number of carbonyl (C=O) groups excluding carboxylic acids is 1. The van der Waals surface area contributed by atoms with Gasteiger partial charge in [0.15, 0.2) is 5.75 Å². The van der Waals surface area contributed by atoms with Gasteiger partial charge in [0.2, 0.25) is 0 Å². The highest BCUT2D eigenvalue weighted by molar-refractivity contribution is 6.68. The summed E-state index contributed by atoms with van der Waals surface area (Å²) in [4.78, 5) is 14.0. The average Bonchev–Trinajstić information content (AvgIpc) is 2.16. The number of hydrogen-bond donors (Lipinski definition) is 1. The van der Waals surface area contributed by atoms with Crippen LogP contribution in [0, 0.1) is 11.3 Å². The molecular formula is C8H3ClF2N2O2. The molecule has 0 amide bonds. The summed E-state index contributed by atoms with van der Waals surface area (Å²) >= 11 is 5.03. The van der Waals surface area contributed by atoms with Crippen molar-refractivity contribution in [2.24, 2.45) is 0 Å². The van der Waals surface area contributed by atoms with Gasteiger partial charge < -0.3 is 5.11 Å². The van der Waals surface area contributed by atoms with E-state index in [2.05, 4.69) is 4.98 Å². The predicted molar refractivity (Wildman–Crippen MR) is 45.8 cm³/mol. The number of halogens is 3. The van der Waals surface area contributed by atoms with Crippen LogP contribution in [0.5, 0.6) is 5.75 Å². The number of alkyl halides is 2. The molecule has 0 aliphatic heterocycles. The van der Waals surface area contributed by atoms with Gasteiger partial charge in [-0.05, 0) is 11.6 Å². The maximum Gasteiger partial charge on any atom is 0.281 e. The van der Waals surface area contributed by atoms with Crippen LogP contribution in [0.3, 0.4) is 0 Å².